The molecule has 0 aliphatic heterocycles. The third-order valence-electron chi connectivity index (χ3n) is 3.47. The second-order valence-electron chi connectivity index (χ2n) is 5.60. The van der Waals surface area contributed by atoms with Gasteiger partial charge in [-0.05, 0) is 44.2 Å². The van der Waals surface area contributed by atoms with Gasteiger partial charge in [0.1, 0.15) is 24.5 Å². The van der Waals surface area contributed by atoms with E-state index in [4.69, 9.17) is 16.3 Å². The lowest BCUT2D eigenvalue weighted by Crippen LogP contribution is -1.98. The van der Waals surface area contributed by atoms with Crippen LogP contribution < -0.4 is 10.1 Å². The molecule has 4 nitrogen and oxygen atoms in total. The first-order valence-corrected chi connectivity index (χ1v) is 8.04. The summed E-state index contributed by atoms with van der Waals surface area (Å²) in [4.78, 5) is 8.60. The van der Waals surface area contributed by atoms with Crippen molar-refractivity contribution in [2.75, 3.05) is 11.9 Å². The molecule has 0 aliphatic rings. The monoisotopic (exact) mass is 339 g/mol. The third-order valence-corrected chi connectivity index (χ3v) is 3.78. The average molecular weight is 340 g/mol. The molecular formula is C19H18ClN3O. The summed E-state index contributed by atoms with van der Waals surface area (Å²) in [6, 6.07) is 13.4. The molecule has 5 heteroatoms. The maximum absolute atomic E-state index is 6.21. The molecular weight excluding hydrogens is 322 g/mol. The number of nitrogens with zero attached hydrogens (tertiary/aromatic N) is 2. The van der Waals surface area contributed by atoms with Crippen LogP contribution in [0.2, 0.25) is 5.02 Å². The van der Waals surface area contributed by atoms with Gasteiger partial charge in [0.25, 0.3) is 0 Å². The van der Waals surface area contributed by atoms with Gasteiger partial charge in [-0.25, -0.2) is 9.97 Å². The van der Waals surface area contributed by atoms with Gasteiger partial charge in [0.2, 0.25) is 0 Å². The second kappa shape index (κ2) is 7.32. The maximum Gasteiger partial charge on any atom is 0.141 e. The van der Waals surface area contributed by atoms with Crippen molar-refractivity contribution in [3.63, 3.8) is 0 Å². The number of para-hydroxylation sites is 1. The van der Waals surface area contributed by atoms with Gasteiger partial charge in [-0.15, -0.1) is 0 Å². The Morgan fingerprint density at radius 3 is 2.83 bits per heavy atom. The Morgan fingerprint density at radius 1 is 1.17 bits per heavy atom. The third kappa shape index (κ3) is 3.84. The van der Waals surface area contributed by atoms with Gasteiger partial charge < -0.3 is 10.1 Å². The molecule has 0 amide bonds. The van der Waals surface area contributed by atoms with Gasteiger partial charge in [-0.1, -0.05) is 29.3 Å². The molecule has 0 aliphatic carbocycles. The molecule has 1 heterocycles. The Hall–Kier alpha value is -2.59. The number of nitrogens with one attached hydrogen (secondary N) is 1. The van der Waals surface area contributed by atoms with E-state index in [-0.39, 0.29) is 0 Å². The molecule has 0 radical (unpaired) electrons. The van der Waals surface area contributed by atoms with Crippen LogP contribution in [0.15, 0.2) is 60.4 Å². The summed E-state index contributed by atoms with van der Waals surface area (Å²) >= 11 is 6.21. The lowest BCUT2D eigenvalue weighted by molar-refractivity contribution is 0.362. The molecule has 1 aromatic heterocycles. The predicted molar refractivity (Wildman–Crippen MR) is 99.2 cm³/mol. The molecule has 2 aromatic carbocycles. The Kier molecular flexibility index (Phi) is 4.96. The number of anilines is 2. The van der Waals surface area contributed by atoms with E-state index in [9.17, 15) is 0 Å². The van der Waals surface area contributed by atoms with Crippen LogP contribution in [0.1, 0.15) is 13.8 Å². The summed E-state index contributed by atoms with van der Waals surface area (Å²) in [6.45, 7) is 4.55. The number of halogens is 1. The van der Waals surface area contributed by atoms with E-state index < -0.39 is 0 Å². The van der Waals surface area contributed by atoms with Crippen molar-refractivity contribution in [1.29, 1.82) is 0 Å². The highest BCUT2D eigenvalue weighted by Gasteiger charge is 2.06. The Labute approximate surface area is 146 Å². The lowest BCUT2D eigenvalue weighted by Gasteiger charge is -2.11. The molecule has 3 aromatic rings. The topological polar surface area (TPSA) is 47.0 Å². The summed E-state index contributed by atoms with van der Waals surface area (Å²) in [7, 11) is 0. The van der Waals surface area contributed by atoms with Gasteiger partial charge in [0.05, 0.1) is 10.5 Å². The number of aromatic nitrogens is 2. The molecule has 122 valence electrons. The molecule has 0 saturated heterocycles. The zero-order chi connectivity index (χ0) is 16.9. The highest BCUT2D eigenvalue weighted by atomic mass is 35.5. The average Bonchev–Trinajstić information content (AvgIpc) is 2.58. The molecule has 1 N–H and O–H groups in total. The van der Waals surface area contributed by atoms with Crippen LogP contribution >= 0.6 is 11.6 Å². The van der Waals surface area contributed by atoms with E-state index in [1.165, 1.54) is 5.57 Å². The highest BCUT2D eigenvalue weighted by molar-refractivity contribution is 6.32. The number of benzene rings is 2. The number of hydrogen-bond acceptors (Lipinski definition) is 4. The minimum absolute atomic E-state index is 0.488. The van der Waals surface area contributed by atoms with Crippen molar-refractivity contribution in [2.45, 2.75) is 13.8 Å². The van der Waals surface area contributed by atoms with Crippen LogP contribution in [0.3, 0.4) is 0 Å². The SMILES string of the molecule is CC(C)=CCOc1cc(Nc2ncnc3ccccc23)ccc1Cl. The number of rotatable bonds is 5. The Bertz CT molecular complexity index is 883. The molecule has 0 fully saturated rings. The summed E-state index contributed by atoms with van der Waals surface area (Å²) in [5.74, 6) is 1.38. The van der Waals surface area contributed by atoms with Crippen molar-refractivity contribution in [3.8, 4) is 5.75 Å². The summed E-state index contributed by atoms with van der Waals surface area (Å²) < 4.78 is 5.73. The fourth-order valence-electron chi connectivity index (χ4n) is 2.23. The maximum atomic E-state index is 6.21. The predicted octanol–water partition coefficient (Wildman–Crippen LogP) is 5.37. The summed E-state index contributed by atoms with van der Waals surface area (Å²) in [5, 5.41) is 4.85. The first kappa shape index (κ1) is 16.3. The number of ether oxygens (including phenoxy) is 1. The fourth-order valence-corrected chi connectivity index (χ4v) is 2.40. The van der Waals surface area contributed by atoms with Gasteiger partial charge in [0, 0.05) is 17.1 Å². The van der Waals surface area contributed by atoms with E-state index in [1.54, 1.807) is 6.33 Å². The molecule has 3 rings (SSSR count). The van der Waals surface area contributed by atoms with Crippen LogP contribution in [0.5, 0.6) is 5.75 Å². The van der Waals surface area contributed by atoms with Crippen LogP contribution in [-0.4, -0.2) is 16.6 Å². The minimum Gasteiger partial charge on any atom is -0.488 e. The van der Waals surface area contributed by atoms with Crippen LogP contribution in [0.4, 0.5) is 11.5 Å². The first-order valence-electron chi connectivity index (χ1n) is 7.66. The smallest absolute Gasteiger partial charge is 0.141 e. The summed E-state index contributed by atoms with van der Waals surface area (Å²) in [6.07, 6.45) is 3.56. The van der Waals surface area contributed by atoms with Gasteiger partial charge in [0.15, 0.2) is 0 Å². The Balaban J connectivity index is 1.86. The van der Waals surface area contributed by atoms with Crippen LogP contribution in [-0.2, 0) is 0 Å². The van der Waals surface area contributed by atoms with Crippen molar-refractivity contribution < 1.29 is 4.74 Å². The van der Waals surface area contributed by atoms with Gasteiger partial charge in [-0.2, -0.15) is 0 Å². The van der Waals surface area contributed by atoms with E-state index >= 15 is 0 Å². The quantitative estimate of drug-likeness (QED) is 0.634. The van der Waals surface area contributed by atoms with E-state index in [0.29, 0.717) is 17.4 Å². The van der Waals surface area contributed by atoms with Crippen molar-refractivity contribution >= 4 is 34.0 Å². The normalized spacial score (nSPS) is 10.5. The zero-order valence-electron chi connectivity index (χ0n) is 13.6. The molecule has 0 unspecified atom stereocenters. The molecule has 0 bridgehead atoms. The van der Waals surface area contributed by atoms with Crippen LogP contribution in [0.25, 0.3) is 10.9 Å². The first-order chi connectivity index (χ1) is 11.6. The van der Waals surface area contributed by atoms with Gasteiger partial charge in [-0.3, -0.25) is 0 Å². The van der Waals surface area contributed by atoms with E-state index in [1.807, 2.05) is 62.4 Å². The second-order valence-corrected chi connectivity index (χ2v) is 6.01. The molecule has 0 saturated carbocycles. The number of hydrogen-bond donors (Lipinski definition) is 1. The molecule has 0 atom stereocenters. The Morgan fingerprint density at radius 2 is 2.00 bits per heavy atom. The minimum atomic E-state index is 0.488. The fraction of sp³-hybridized carbons (Fsp3) is 0.158. The van der Waals surface area contributed by atoms with Crippen LogP contribution in [0, 0.1) is 0 Å². The van der Waals surface area contributed by atoms with Crippen molar-refractivity contribution in [1.82, 2.24) is 9.97 Å². The van der Waals surface area contributed by atoms with E-state index in [0.717, 1.165) is 22.4 Å². The molecule has 24 heavy (non-hydrogen) atoms. The highest BCUT2D eigenvalue weighted by Crippen LogP contribution is 2.30. The van der Waals surface area contributed by atoms with Crippen molar-refractivity contribution in [2.24, 2.45) is 0 Å². The number of fused-ring (bicyclic) bond motifs is 1. The molecule has 0 spiro atoms. The van der Waals surface area contributed by atoms with Gasteiger partial charge >= 0.3 is 0 Å². The largest absolute Gasteiger partial charge is 0.488 e. The van der Waals surface area contributed by atoms with E-state index in [2.05, 4.69) is 15.3 Å². The number of allylic oxidation sites excluding steroid dienone is 1. The summed E-state index contributed by atoms with van der Waals surface area (Å²) in [5.41, 5.74) is 2.95. The lowest BCUT2D eigenvalue weighted by atomic mass is 10.2. The van der Waals surface area contributed by atoms with Crippen molar-refractivity contribution in [3.05, 3.63) is 65.5 Å². The zero-order valence-corrected chi connectivity index (χ0v) is 14.3. The standard InChI is InChI=1S/C19H18ClN3O/c1-13(2)9-10-24-18-11-14(7-8-16(18)20)23-19-15-5-3-4-6-17(15)21-12-22-19/h3-9,11-12H,10H2,1-2H3,(H,21,22,23).